The van der Waals surface area contributed by atoms with Crippen molar-refractivity contribution in [3.8, 4) is 0 Å². The summed E-state index contributed by atoms with van der Waals surface area (Å²) in [4.78, 5) is 22.4. The lowest BCUT2D eigenvalue weighted by molar-refractivity contribution is -0.140. The summed E-state index contributed by atoms with van der Waals surface area (Å²) in [6, 6.07) is 4.08. The topological polar surface area (TPSA) is 48.5 Å². The first-order valence-electron chi connectivity index (χ1n) is 10.3. The standard InChI is InChI=1S/C21H30N4O/c1-24-4-6-25(7-5-24)19-3-2-18(14-22-19)23-20(26)21-11-15-8-16(12-21)10-17(9-15)13-21/h2-3,14-17H,4-13H2,1H3,(H,23,26). The molecule has 5 heteroatoms. The predicted octanol–water partition coefficient (Wildman–Crippen LogP) is 2.99. The highest BCUT2D eigenvalue weighted by molar-refractivity contribution is 5.95. The van der Waals surface area contributed by atoms with Crippen molar-refractivity contribution in [2.45, 2.75) is 38.5 Å². The van der Waals surface area contributed by atoms with Crippen molar-refractivity contribution in [3.63, 3.8) is 0 Å². The van der Waals surface area contributed by atoms with E-state index in [-0.39, 0.29) is 11.3 Å². The van der Waals surface area contributed by atoms with Gasteiger partial charge in [0.1, 0.15) is 5.82 Å². The van der Waals surface area contributed by atoms with Gasteiger partial charge < -0.3 is 15.1 Å². The normalized spacial score (nSPS) is 36.3. The van der Waals surface area contributed by atoms with E-state index < -0.39 is 0 Å². The van der Waals surface area contributed by atoms with E-state index in [1.807, 2.05) is 12.3 Å². The lowest BCUT2D eigenvalue weighted by Gasteiger charge is -2.55. The van der Waals surface area contributed by atoms with Gasteiger partial charge in [-0.2, -0.15) is 0 Å². The Bertz CT molecular complexity index is 642. The van der Waals surface area contributed by atoms with Crippen molar-refractivity contribution in [2.24, 2.45) is 23.2 Å². The largest absolute Gasteiger partial charge is 0.354 e. The molecule has 4 saturated carbocycles. The summed E-state index contributed by atoms with van der Waals surface area (Å²) in [7, 11) is 2.16. The Labute approximate surface area is 156 Å². The van der Waals surface area contributed by atoms with Crippen molar-refractivity contribution in [1.29, 1.82) is 0 Å². The number of rotatable bonds is 3. The molecule has 0 unspecified atom stereocenters. The van der Waals surface area contributed by atoms with Crippen LogP contribution in [0.15, 0.2) is 18.3 Å². The molecule has 0 radical (unpaired) electrons. The third kappa shape index (κ3) is 2.90. The maximum atomic E-state index is 13.1. The summed E-state index contributed by atoms with van der Waals surface area (Å²) < 4.78 is 0. The van der Waals surface area contributed by atoms with Gasteiger partial charge in [-0.3, -0.25) is 4.79 Å². The van der Waals surface area contributed by atoms with E-state index in [0.29, 0.717) is 0 Å². The molecule has 4 bridgehead atoms. The van der Waals surface area contributed by atoms with Gasteiger partial charge in [-0.05, 0) is 75.5 Å². The van der Waals surface area contributed by atoms with Gasteiger partial charge in [0.25, 0.3) is 0 Å². The van der Waals surface area contributed by atoms with Crippen LogP contribution in [-0.4, -0.2) is 49.0 Å². The number of nitrogens with one attached hydrogen (secondary N) is 1. The molecular weight excluding hydrogens is 324 g/mol. The van der Waals surface area contributed by atoms with Gasteiger partial charge in [-0.25, -0.2) is 4.98 Å². The second-order valence-electron chi connectivity index (χ2n) is 9.35. The number of carbonyl (C=O) groups excluding carboxylic acids is 1. The van der Waals surface area contributed by atoms with Crippen LogP contribution < -0.4 is 10.2 Å². The lowest BCUT2D eigenvalue weighted by Crippen LogP contribution is -2.51. The van der Waals surface area contributed by atoms with Crippen LogP contribution in [-0.2, 0) is 4.79 Å². The molecule has 5 nitrogen and oxygen atoms in total. The lowest BCUT2D eigenvalue weighted by atomic mass is 9.49. The summed E-state index contributed by atoms with van der Waals surface area (Å²) in [5.74, 6) is 3.66. The Hall–Kier alpha value is -1.62. The zero-order valence-electron chi connectivity index (χ0n) is 15.8. The molecule has 26 heavy (non-hydrogen) atoms. The first kappa shape index (κ1) is 16.5. The maximum Gasteiger partial charge on any atom is 0.230 e. The van der Waals surface area contributed by atoms with E-state index in [2.05, 4.69) is 33.2 Å². The molecule has 5 fully saturated rings. The van der Waals surface area contributed by atoms with Crippen molar-refractivity contribution >= 4 is 17.4 Å². The second-order valence-corrected chi connectivity index (χ2v) is 9.35. The molecule has 1 aromatic rings. The molecule has 1 N–H and O–H groups in total. The number of nitrogens with zero attached hydrogens (tertiary/aromatic N) is 3. The van der Waals surface area contributed by atoms with E-state index in [1.165, 1.54) is 19.3 Å². The maximum absolute atomic E-state index is 13.1. The number of hydrogen-bond acceptors (Lipinski definition) is 4. The first-order valence-corrected chi connectivity index (χ1v) is 10.3. The van der Waals surface area contributed by atoms with Crippen LogP contribution in [0.4, 0.5) is 11.5 Å². The van der Waals surface area contributed by atoms with Gasteiger partial charge in [0.15, 0.2) is 0 Å². The molecule has 5 aliphatic rings. The summed E-state index contributed by atoms with van der Waals surface area (Å²) >= 11 is 0. The van der Waals surface area contributed by atoms with Gasteiger partial charge in [0.2, 0.25) is 5.91 Å². The number of pyridine rings is 1. The molecule has 140 valence electrons. The van der Waals surface area contributed by atoms with Crippen LogP contribution in [0.3, 0.4) is 0 Å². The number of hydrogen-bond donors (Lipinski definition) is 1. The van der Waals surface area contributed by atoms with Gasteiger partial charge in [0, 0.05) is 26.2 Å². The number of amides is 1. The molecule has 6 rings (SSSR count). The average Bonchev–Trinajstić information content (AvgIpc) is 2.62. The zero-order chi connectivity index (χ0) is 17.7. The molecule has 0 spiro atoms. The van der Waals surface area contributed by atoms with E-state index in [1.54, 1.807) is 0 Å². The summed E-state index contributed by atoms with van der Waals surface area (Å²) in [5, 5.41) is 3.21. The molecule has 1 aromatic heterocycles. The molecule has 1 amide bonds. The predicted molar refractivity (Wildman–Crippen MR) is 103 cm³/mol. The monoisotopic (exact) mass is 354 g/mol. The second kappa shape index (κ2) is 6.22. The van der Waals surface area contributed by atoms with E-state index in [4.69, 9.17) is 0 Å². The Morgan fingerprint density at radius 3 is 2.19 bits per heavy atom. The van der Waals surface area contributed by atoms with Crippen LogP contribution in [0.5, 0.6) is 0 Å². The Balaban J connectivity index is 1.26. The van der Waals surface area contributed by atoms with E-state index in [9.17, 15) is 4.79 Å². The minimum atomic E-state index is -0.0924. The third-order valence-electron chi connectivity index (χ3n) is 7.35. The highest BCUT2D eigenvalue weighted by atomic mass is 16.2. The summed E-state index contributed by atoms with van der Waals surface area (Å²) in [6.07, 6.45) is 9.27. The van der Waals surface area contributed by atoms with Crippen molar-refractivity contribution in [3.05, 3.63) is 18.3 Å². The number of likely N-dealkylation sites (N-methyl/N-ethyl adjacent to an activating group) is 1. The molecule has 1 saturated heterocycles. The van der Waals surface area contributed by atoms with Gasteiger partial charge >= 0.3 is 0 Å². The zero-order valence-corrected chi connectivity index (χ0v) is 15.8. The Morgan fingerprint density at radius 1 is 1.04 bits per heavy atom. The number of aromatic nitrogens is 1. The SMILES string of the molecule is CN1CCN(c2ccc(NC(=O)C34CC5CC(CC(C5)C3)C4)cn2)CC1. The molecule has 2 heterocycles. The van der Waals surface area contributed by atoms with Crippen LogP contribution >= 0.6 is 0 Å². The van der Waals surface area contributed by atoms with Crippen molar-refractivity contribution in [1.82, 2.24) is 9.88 Å². The van der Waals surface area contributed by atoms with Gasteiger partial charge in [-0.1, -0.05) is 0 Å². The van der Waals surface area contributed by atoms with Crippen LogP contribution in [0.2, 0.25) is 0 Å². The Kier molecular flexibility index (Phi) is 3.96. The fourth-order valence-corrected chi connectivity index (χ4v) is 6.34. The minimum absolute atomic E-state index is 0.0924. The molecule has 0 atom stereocenters. The number of anilines is 2. The molecule has 1 aliphatic heterocycles. The quantitative estimate of drug-likeness (QED) is 0.907. The fourth-order valence-electron chi connectivity index (χ4n) is 6.34. The summed E-state index contributed by atoms with van der Waals surface area (Å²) in [6.45, 7) is 4.18. The van der Waals surface area contributed by atoms with Gasteiger partial charge in [0.05, 0.1) is 17.3 Å². The van der Waals surface area contributed by atoms with Crippen molar-refractivity contribution < 1.29 is 4.79 Å². The first-order chi connectivity index (χ1) is 12.6. The smallest absolute Gasteiger partial charge is 0.230 e. The number of piperazine rings is 1. The highest BCUT2D eigenvalue weighted by Gasteiger charge is 2.54. The molecule has 0 aromatic carbocycles. The molecular formula is C21H30N4O. The van der Waals surface area contributed by atoms with E-state index >= 15 is 0 Å². The van der Waals surface area contributed by atoms with Crippen LogP contribution in [0.25, 0.3) is 0 Å². The van der Waals surface area contributed by atoms with Crippen molar-refractivity contribution in [2.75, 3.05) is 43.4 Å². The van der Waals surface area contributed by atoms with Crippen LogP contribution in [0.1, 0.15) is 38.5 Å². The summed E-state index contributed by atoms with van der Waals surface area (Å²) in [5.41, 5.74) is 0.758. The van der Waals surface area contributed by atoms with Crippen LogP contribution in [0, 0.1) is 23.2 Å². The molecule has 4 aliphatic carbocycles. The Morgan fingerprint density at radius 2 is 1.65 bits per heavy atom. The number of carbonyl (C=O) groups is 1. The average molecular weight is 354 g/mol. The fraction of sp³-hybridized carbons (Fsp3) is 0.714. The van der Waals surface area contributed by atoms with Gasteiger partial charge in [-0.15, -0.1) is 0 Å². The van der Waals surface area contributed by atoms with E-state index in [0.717, 1.165) is 74.7 Å². The third-order valence-corrected chi connectivity index (χ3v) is 7.35. The highest BCUT2D eigenvalue weighted by Crippen LogP contribution is 2.60. The minimum Gasteiger partial charge on any atom is -0.354 e.